The van der Waals surface area contributed by atoms with Crippen molar-refractivity contribution >= 4 is 11.0 Å². The van der Waals surface area contributed by atoms with Crippen LogP contribution in [0, 0.1) is 13.0 Å². The summed E-state index contributed by atoms with van der Waals surface area (Å²) < 4.78 is 5.14. The van der Waals surface area contributed by atoms with Crippen LogP contribution in [0.5, 0.6) is 0 Å². The summed E-state index contributed by atoms with van der Waals surface area (Å²) in [5, 5.41) is 1.06. The molecule has 0 aliphatic rings. The maximum atomic E-state index is 5.14. The minimum atomic E-state index is 0. The molecule has 1 nitrogen and oxygen atoms in total. The van der Waals surface area contributed by atoms with Gasteiger partial charge in [-0.2, -0.15) is 0 Å². The molecule has 0 amide bonds. The maximum Gasteiger partial charge on any atom is 0.0399 e. The minimum Gasteiger partial charge on any atom is -0.518 e. The average molecular weight is 317 g/mol. The molecule has 0 unspecified atom stereocenters. The van der Waals surface area contributed by atoms with E-state index in [1.807, 2.05) is 25.1 Å². The van der Waals surface area contributed by atoms with Crippen LogP contribution in [0.25, 0.3) is 11.0 Å². The van der Waals surface area contributed by atoms with Crippen LogP contribution in [-0.4, -0.2) is 0 Å². The minimum absolute atomic E-state index is 0. The van der Waals surface area contributed by atoms with Crippen molar-refractivity contribution in [3.8, 4) is 0 Å². The predicted octanol–water partition coefficient (Wildman–Crippen LogP) is 2.54. The summed E-state index contributed by atoms with van der Waals surface area (Å²) in [4.78, 5) is 0. The van der Waals surface area contributed by atoms with Gasteiger partial charge in [-0.1, -0.05) is 13.0 Å². The van der Waals surface area contributed by atoms with Crippen molar-refractivity contribution in [2.75, 3.05) is 0 Å². The molecule has 0 atom stereocenters. The van der Waals surface area contributed by atoms with Crippen LogP contribution in [0.15, 0.2) is 28.9 Å². The van der Waals surface area contributed by atoms with E-state index in [9.17, 15) is 0 Å². The summed E-state index contributed by atoms with van der Waals surface area (Å²) in [6, 6.07) is 9.05. The van der Waals surface area contributed by atoms with Gasteiger partial charge in [0.15, 0.2) is 0 Å². The van der Waals surface area contributed by atoms with E-state index in [4.69, 9.17) is 4.42 Å². The summed E-state index contributed by atoms with van der Waals surface area (Å²) in [7, 11) is 0. The molecule has 0 aliphatic heterocycles. The van der Waals surface area contributed by atoms with E-state index in [0.29, 0.717) is 0 Å². The summed E-state index contributed by atoms with van der Waals surface area (Å²) in [6.45, 7) is 2.02. The Balaban J connectivity index is 0.000000605. The van der Waals surface area contributed by atoms with Crippen LogP contribution in [0.4, 0.5) is 0 Å². The van der Waals surface area contributed by atoms with Crippen LogP contribution in [0.3, 0.4) is 0 Å². The molecule has 0 aliphatic carbocycles. The quantitative estimate of drug-likeness (QED) is 0.681. The fourth-order valence-electron chi connectivity index (χ4n) is 1.01. The number of rotatable bonds is 0. The first-order valence-corrected chi connectivity index (χ1v) is 3.22. The van der Waals surface area contributed by atoms with E-state index in [2.05, 4.69) is 6.07 Å². The van der Waals surface area contributed by atoms with Crippen molar-refractivity contribution in [2.24, 2.45) is 0 Å². The van der Waals surface area contributed by atoms with Crippen LogP contribution in [0.1, 0.15) is 5.56 Å². The van der Waals surface area contributed by atoms with Crippen LogP contribution < -0.4 is 0 Å². The van der Waals surface area contributed by atoms with E-state index < -0.39 is 0 Å². The second kappa shape index (κ2) is 3.21. The third kappa shape index (κ3) is 1.53. The molecule has 2 rings (SSSR count). The number of aryl methyl sites for hydroxylation is 1. The molecule has 0 N–H and O–H groups in total. The second-order valence-electron chi connectivity index (χ2n) is 2.34. The van der Waals surface area contributed by atoms with E-state index in [-0.39, 0.29) is 20.4 Å². The monoisotopic (exact) mass is 318 g/mol. The van der Waals surface area contributed by atoms with E-state index in [1.165, 1.54) is 0 Å². The molecular formula is C9H7ORe-. The summed E-state index contributed by atoms with van der Waals surface area (Å²) >= 11 is 0. The molecule has 1 heterocycles. The molecule has 57 valence electrons. The van der Waals surface area contributed by atoms with E-state index >= 15 is 0 Å². The Kier molecular flexibility index (Phi) is 2.49. The molecule has 11 heavy (non-hydrogen) atoms. The average Bonchev–Trinajstić information content (AvgIpc) is 2.33. The maximum absolute atomic E-state index is 5.14. The molecule has 2 heteroatoms. The van der Waals surface area contributed by atoms with Crippen LogP contribution in [0.2, 0.25) is 0 Å². The molecule has 1 aromatic carbocycles. The van der Waals surface area contributed by atoms with Gasteiger partial charge in [-0.25, -0.2) is 0 Å². The third-order valence-electron chi connectivity index (χ3n) is 1.51. The third-order valence-corrected chi connectivity index (χ3v) is 1.51. The smallest absolute Gasteiger partial charge is 0.0399 e. The second-order valence-corrected chi connectivity index (χ2v) is 2.34. The SMILES string of the molecule is Cc1[c-]c2ccoc2cc1.[Re]. The van der Waals surface area contributed by atoms with Gasteiger partial charge in [0.1, 0.15) is 0 Å². The van der Waals surface area contributed by atoms with Crippen molar-refractivity contribution in [1.29, 1.82) is 0 Å². The van der Waals surface area contributed by atoms with E-state index in [1.54, 1.807) is 6.26 Å². The molecule has 0 saturated carbocycles. The molecule has 0 spiro atoms. The fourth-order valence-corrected chi connectivity index (χ4v) is 1.01. The molecule has 1 radical (unpaired) electrons. The van der Waals surface area contributed by atoms with Gasteiger partial charge in [-0.05, 0) is 0 Å². The number of furan rings is 1. The van der Waals surface area contributed by atoms with Gasteiger partial charge in [-0.3, -0.25) is 0 Å². The summed E-state index contributed by atoms with van der Waals surface area (Å²) in [5.74, 6) is 0. The Labute approximate surface area is 79.1 Å². The first kappa shape index (κ1) is 8.52. The molecular weight excluding hydrogens is 310 g/mol. The van der Waals surface area contributed by atoms with Gasteiger partial charge >= 0.3 is 0 Å². The van der Waals surface area contributed by atoms with Gasteiger partial charge in [0.25, 0.3) is 0 Å². The van der Waals surface area contributed by atoms with E-state index in [0.717, 1.165) is 16.5 Å². The van der Waals surface area contributed by atoms with Gasteiger partial charge in [0, 0.05) is 32.3 Å². The number of benzene rings is 1. The number of hydrogen-bond acceptors (Lipinski definition) is 1. The Morgan fingerprint density at radius 3 is 2.91 bits per heavy atom. The van der Waals surface area contributed by atoms with Gasteiger partial charge in [0.05, 0.1) is 0 Å². The summed E-state index contributed by atoms with van der Waals surface area (Å²) in [6.07, 6.45) is 1.68. The largest absolute Gasteiger partial charge is 0.518 e. The van der Waals surface area contributed by atoms with Crippen LogP contribution in [-0.2, 0) is 20.4 Å². The van der Waals surface area contributed by atoms with Gasteiger partial charge in [-0.15, -0.1) is 29.1 Å². The molecule has 0 bridgehead atoms. The van der Waals surface area contributed by atoms with Gasteiger partial charge in [0.2, 0.25) is 0 Å². The first-order chi connectivity index (χ1) is 4.86. The molecule has 0 fully saturated rings. The van der Waals surface area contributed by atoms with Crippen molar-refractivity contribution in [1.82, 2.24) is 0 Å². The van der Waals surface area contributed by atoms with Crippen molar-refractivity contribution in [3.63, 3.8) is 0 Å². The van der Waals surface area contributed by atoms with Gasteiger partial charge < -0.3 is 4.42 Å². The molecule has 0 saturated heterocycles. The Morgan fingerprint density at radius 2 is 2.09 bits per heavy atom. The standard InChI is InChI=1S/C9H7O.Re/c1-7-2-3-9-8(6-7)4-5-10-9;/h2-5H,1H3;/q-1;. The zero-order valence-corrected chi connectivity index (χ0v) is 8.81. The topological polar surface area (TPSA) is 13.1 Å². The zero-order chi connectivity index (χ0) is 6.97. The predicted molar refractivity (Wildman–Crippen MR) is 39.8 cm³/mol. The van der Waals surface area contributed by atoms with Crippen molar-refractivity contribution < 1.29 is 24.8 Å². The molecule has 1 aromatic heterocycles. The number of hydrogen-bond donors (Lipinski definition) is 0. The normalized spacial score (nSPS) is 9.55. The summed E-state index contributed by atoms with van der Waals surface area (Å²) in [5.41, 5.74) is 2.06. The first-order valence-electron chi connectivity index (χ1n) is 3.22. The van der Waals surface area contributed by atoms with Crippen molar-refractivity contribution in [3.05, 3.63) is 36.1 Å². The Bertz CT molecular complexity index is 351. The fraction of sp³-hybridized carbons (Fsp3) is 0.111. The molecule has 2 aromatic rings. The van der Waals surface area contributed by atoms with Crippen molar-refractivity contribution in [2.45, 2.75) is 6.92 Å². The Hall–Kier alpha value is -0.578. The van der Waals surface area contributed by atoms with Crippen LogP contribution >= 0.6 is 0 Å². The number of fused-ring (bicyclic) bond motifs is 1. The zero-order valence-electron chi connectivity index (χ0n) is 6.10. The Morgan fingerprint density at radius 1 is 1.27 bits per heavy atom.